The third-order valence-electron chi connectivity index (χ3n) is 5.78. The molecular weight excluding hydrogens is 435 g/mol. The number of carbonyl (C=O) groups excluding carboxylic acids is 1. The maximum atomic E-state index is 13.2. The van der Waals surface area contributed by atoms with Crippen molar-refractivity contribution in [2.75, 3.05) is 16.0 Å². The molecule has 1 unspecified atom stereocenters. The fraction of sp³-hybridized carbons (Fsp3) is 0.435. The minimum atomic E-state index is -0.397. The molecule has 166 valence electrons. The van der Waals surface area contributed by atoms with Gasteiger partial charge in [-0.2, -0.15) is 0 Å². The highest BCUT2D eigenvalue weighted by molar-refractivity contribution is 6.39. The van der Waals surface area contributed by atoms with Crippen LogP contribution in [0, 0.1) is 0 Å². The molecule has 2 aromatic carbocycles. The van der Waals surface area contributed by atoms with E-state index in [9.17, 15) is 4.79 Å². The number of anilines is 3. The molecule has 0 spiro atoms. The topological polar surface area (TPSA) is 74.4 Å². The van der Waals surface area contributed by atoms with E-state index in [-0.39, 0.29) is 17.7 Å². The second-order valence-corrected chi connectivity index (χ2v) is 10.2. The highest BCUT2D eigenvalue weighted by Gasteiger charge is 2.39. The molecule has 4 N–H and O–H groups in total. The van der Waals surface area contributed by atoms with Gasteiger partial charge in [0.1, 0.15) is 11.4 Å². The van der Waals surface area contributed by atoms with E-state index in [1.807, 2.05) is 33.8 Å². The smallest absolute Gasteiger partial charge is 0.255 e. The Bertz CT molecular complexity index is 1030. The third-order valence-corrected chi connectivity index (χ3v) is 6.41. The second-order valence-electron chi connectivity index (χ2n) is 9.35. The largest absolute Gasteiger partial charge is 0.486 e. The molecule has 2 heterocycles. The Hall–Kier alpha value is -2.31. The minimum Gasteiger partial charge on any atom is -0.486 e. The molecule has 6 nitrogen and oxygen atoms in total. The Kier molecular flexibility index (Phi) is 5.42. The number of rotatable bonds is 5. The highest BCUT2D eigenvalue weighted by Crippen LogP contribution is 2.48. The van der Waals surface area contributed by atoms with Crippen LogP contribution in [0.2, 0.25) is 10.0 Å². The van der Waals surface area contributed by atoms with Crippen LogP contribution in [0.15, 0.2) is 24.3 Å². The number of hydrogen-bond acceptors (Lipinski definition) is 5. The summed E-state index contributed by atoms with van der Waals surface area (Å²) in [6, 6.07) is 7.21. The summed E-state index contributed by atoms with van der Waals surface area (Å²) in [5.74, 6) is 0.495. The Balaban J connectivity index is 1.68. The molecular formula is C23H28Cl2N4O2. The van der Waals surface area contributed by atoms with E-state index in [4.69, 9.17) is 27.9 Å². The summed E-state index contributed by atoms with van der Waals surface area (Å²) in [6.45, 7) is 10.1. The van der Waals surface area contributed by atoms with E-state index in [0.717, 1.165) is 23.4 Å². The van der Waals surface area contributed by atoms with Crippen LogP contribution in [-0.2, 0) is 6.42 Å². The molecule has 31 heavy (non-hydrogen) atoms. The van der Waals surface area contributed by atoms with Crippen LogP contribution in [0.1, 0.15) is 57.0 Å². The van der Waals surface area contributed by atoms with Gasteiger partial charge in [0.25, 0.3) is 5.91 Å². The van der Waals surface area contributed by atoms with Gasteiger partial charge in [-0.25, -0.2) is 0 Å². The number of fused-ring (bicyclic) bond motifs is 3. The molecule has 0 saturated carbocycles. The quantitative estimate of drug-likeness (QED) is 0.447. The molecule has 0 saturated heterocycles. The normalized spacial score (nSPS) is 18.4. The Morgan fingerprint density at radius 1 is 1.26 bits per heavy atom. The van der Waals surface area contributed by atoms with E-state index in [1.165, 1.54) is 0 Å². The molecule has 1 amide bonds. The van der Waals surface area contributed by atoms with Crippen LogP contribution in [0.4, 0.5) is 17.1 Å². The Morgan fingerprint density at radius 3 is 2.58 bits per heavy atom. The maximum Gasteiger partial charge on any atom is 0.255 e. The summed E-state index contributed by atoms with van der Waals surface area (Å²) in [5.41, 5.74) is 3.21. The van der Waals surface area contributed by atoms with Gasteiger partial charge >= 0.3 is 0 Å². The summed E-state index contributed by atoms with van der Waals surface area (Å²) >= 11 is 12.6. The zero-order chi connectivity index (χ0) is 22.6. The Labute approximate surface area is 193 Å². The third kappa shape index (κ3) is 4.23. The summed E-state index contributed by atoms with van der Waals surface area (Å²) in [7, 11) is 0. The van der Waals surface area contributed by atoms with Crippen molar-refractivity contribution < 1.29 is 9.53 Å². The number of para-hydroxylation sites is 1. The first-order valence-electron chi connectivity index (χ1n) is 10.4. The lowest BCUT2D eigenvalue weighted by Gasteiger charge is -2.25. The van der Waals surface area contributed by atoms with Crippen LogP contribution in [0.25, 0.3) is 0 Å². The highest BCUT2D eigenvalue weighted by atomic mass is 35.5. The van der Waals surface area contributed by atoms with Crippen LogP contribution in [0.3, 0.4) is 0 Å². The zero-order valence-corrected chi connectivity index (χ0v) is 19.9. The maximum absolute atomic E-state index is 13.2. The first-order chi connectivity index (χ1) is 14.5. The molecule has 8 heteroatoms. The van der Waals surface area contributed by atoms with Crippen molar-refractivity contribution in [1.82, 2.24) is 5.32 Å². The lowest BCUT2D eigenvalue weighted by Crippen LogP contribution is -2.43. The number of carbonyl (C=O) groups is 1. The van der Waals surface area contributed by atoms with Crippen molar-refractivity contribution in [2.45, 2.75) is 64.9 Å². The van der Waals surface area contributed by atoms with Gasteiger partial charge in [-0.05, 0) is 52.3 Å². The van der Waals surface area contributed by atoms with Crippen molar-refractivity contribution in [3.8, 4) is 5.75 Å². The average molecular weight is 463 g/mol. The second kappa shape index (κ2) is 7.68. The van der Waals surface area contributed by atoms with Gasteiger partial charge in [0.05, 0.1) is 32.7 Å². The SMILES string of the molecule is CCC(C)(C)NC(=O)c1cc2c(c3c1OC(C)(C)C3)NC(Nc1c(Cl)cccc1Cl)N2. The number of amides is 1. The lowest BCUT2D eigenvalue weighted by atomic mass is 9.96. The van der Waals surface area contributed by atoms with Gasteiger partial charge in [0.15, 0.2) is 6.29 Å². The predicted molar refractivity (Wildman–Crippen MR) is 128 cm³/mol. The van der Waals surface area contributed by atoms with Crippen LogP contribution >= 0.6 is 23.2 Å². The number of nitrogens with one attached hydrogen (secondary N) is 4. The van der Waals surface area contributed by atoms with Crippen molar-refractivity contribution in [1.29, 1.82) is 0 Å². The van der Waals surface area contributed by atoms with Gasteiger partial charge in [0.2, 0.25) is 0 Å². The number of ether oxygens (including phenoxy) is 1. The van der Waals surface area contributed by atoms with Gasteiger partial charge < -0.3 is 26.0 Å². The molecule has 2 aliphatic heterocycles. The van der Waals surface area contributed by atoms with Crippen molar-refractivity contribution in [2.24, 2.45) is 0 Å². The number of benzene rings is 2. The fourth-order valence-corrected chi connectivity index (χ4v) is 4.35. The van der Waals surface area contributed by atoms with Crippen molar-refractivity contribution in [3.05, 3.63) is 45.4 Å². The van der Waals surface area contributed by atoms with E-state index < -0.39 is 5.60 Å². The summed E-state index contributed by atoms with van der Waals surface area (Å²) < 4.78 is 6.22. The van der Waals surface area contributed by atoms with Gasteiger partial charge in [-0.1, -0.05) is 36.2 Å². The standard InChI is InChI=1S/C23H28Cl2N4O2/c1-6-22(2,3)29-20(30)12-10-16-17(13-11-23(4,5)31-19(12)13)27-21(26-16)28-18-14(24)8-7-9-15(18)25/h7-10,21,26-28H,6,11H2,1-5H3,(H,29,30). The van der Waals surface area contributed by atoms with Crippen LogP contribution in [0.5, 0.6) is 5.75 Å². The summed E-state index contributed by atoms with van der Waals surface area (Å²) in [4.78, 5) is 13.2. The Morgan fingerprint density at radius 2 is 1.94 bits per heavy atom. The molecule has 0 fully saturated rings. The van der Waals surface area contributed by atoms with E-state index in [0.29, 0.717) is 33.5 Å². The first-order valence-corrected chi connectivity index (χ1v) is 11.2. The molecule has 0 bridgehead atoms. The van der Waals surface area contributed by atoms with E-state index in [2.05, 4.69) is 28.2 Å². The molecule has 2 aromatic rings. The number of hydrogen-bond donors (Lipinski definition) is 4. The lowest BCUT2D eigenvalue weighted by molar-refractivity contribution is 0.0898. The molecule has 4 rings (SSSR count). The zero-order valence-electron chi connectivity index (χ0n) is 18.4. The molecule has 0 radical (unpaired) electrons. The average Bonchev–Trinajstić information content (AvgIpc) is 3.22. The van der Waals surface area contributed by atoms with Gasteiger partial charge in [0, 0.05) is 17.5 Å². The summed E-state index contributed by atoms with van der Waals surface area (Å²) in [5, 5.41) is 14.3. The predicted octanol–water partition coefficient (Wildman–Crippen LogP) is 5.86. The van der Waals surface area contributed by atoms with E-state index in [1.54, 1.807) is 18.2 Å². The minimum absolute atomic E-state index is 0.143. The molecule has 0 aromatic heterocycles. The molecule has 2 aliphatic rings. The summed E-state index contributed by atoms with van der Waals surface area (Å²) in [6.07, 6.45) is 1.17. The molecule has 0 aliphatic carbocycles. The monoisotopic (exact) mass is 462 g/mol. The van der Waals surface area contributed by atoms with Crippen LogP contribution < -0.4 is 26.0 Å². The van der Waals surface area contributed by atoms with E-state index >= 15 is 0 Å². The fourth-order valence-electron chi connectivity index (χ4n) is 3.84. The van der Waals surface area contributed by atoms with Crippen LogP contribution in [-0.4, -0.2) is 23.3 Å². The van der Waals surface area contributed by atoms with Gasteiger partial charge in [-0.15, -0.1) is 0 Å². The van der Waals surface area contributed by atoms with Crippen molar-refractivity contribution >= 4 is 46.2 Å². The van der Waals surface area contributed by atoms with Crippen molar-refractivity contribution in [3.63, 3.8) is 0 Å². The van der Waals surface area contributed by atoms with Gasteiger partial charge in [-0.3, -0.25) is 4.79 Å². The number of halogens is 2. The first kappa shape index (κ1) is 21.9. The molecule has 1 atom stereocenters.